The monoisotopic (exact) mass is 281 g/mol. The topological polar surface area (TPSA) is 30.2 Å². The minimum absolute atomic E-state index is 0.932. The van der Waals surface area contributed by atoms with Crippen molar-refractivity contribution in [2.75, 3.05) is 0 Å². The summed E-state index contributed by atoms with van der Waals surface area (Å²) in [5.41, 5.74) is 3.40. The van der Waals surface area contributed by atoms with Gasteiger partial charge in [-0.25, -0.2) is 9.50 Å². The van der Waals surface area contributed by atoms with Crippen molar-refractivity contribution < 1.29 is 0 Å². The summed E-state index contributed by atoms with van der Waals surface area (Å²) in [7, 11) is 0. The van der Waals surface area contributed by atoms with Crippen molar-refractivity contribution in [1.29, 1.82) is 0 Å². The van der Waals surface area contributed by atoms with Gasteiger partial charge in [-0.05, 0) is 53.4 Å². The summed E-state index contributed by atoms with van der Waals surface area (Å²) in [5, 5.41) is 4.51. The Balaban J connectivity index is 2.49. The fourth-order valence-electron chi connectivity index (χ4n) is 1.67. The van der Waals surface area contributed by atoms with E-state index in [9.17, 15) is 0 Å². The molecule has 0 aliphatic rings. The fourth-order valence-corrected chi connectivity index (χ4v) is 2.24. The minimum Gasteiger partial charge on any atom is -0.212 e. The third-order valence-corrected chi connectivity index (χ3v) is 3.79. The molecule has 0 fully saturated rings. The Kier molecular flexibility index (Phi) is 3.28. The molecule has 0 saturated heterocycles. The maximum Gasteiger partial charge on any atom is 0.157 e. The molecule has 2 rings (SSSR count). The van der Waals surface area contributed by atoms with Crippen LogP contribution in [0.2, 0.25) is 0 Å². The second-order valence-electron chi connectivity index (χ2n) is 4.14. The third kappa shape index (κ3) is 1.98. The number of fused-ring (bicyclic) bond motifs is 1. The lowest BCUT2D eigenvalue weighted by Crippen LogP contribution is -1.96. The van der Waals surface area contributed by atoms with Crippen LogP contribution in [0, 0.1) is 13.8 Å². The van der Waals surface area contributed by atoms with Crippen LogP contribution in [0.3, 0.4) is 0 Å². The number of halogens is 1. The lowest BCUT2D eigenvalue weighted by Gasteiger charge is -2.03. The summed E-state index contributed by atoms with van der Waals surface area (Å²) < 4.78 is 2.89. The second-order valence-corrected chi connectivity index (χ2v) is 4.90. The minimum atomic E-state index is 0.932. The van der Waals surface area contributed by atoms with Crippen LogP contribution in [0.25, 0.3) is 5.65 Å². The first-order valence-corrected chi connectivity index (χ1v) is 6.44. The number of unbranched alkanes of at least 4 members (excludes halogenated alkanes) is 1. The molecule has 0 aromatic carbocycles. The number of hydrogen-bond donors (Lipinski definition) is 0. The number of aryl methyl sites for hydroxylation is 2. The van der Waals surface area contributed by atoms with E-state index < -0.39 is 0 Å². The maximum absolute atomic E-state index is 4.53. The van der Waals surface area contributed by atoms with Gasteiger partial charge in [-0.1, -0.05) is 13.3 Å². The SMILES string of the molecule is CCCCc1nc2cc(C)c(C)c(Br)n2n1. The van der Waals surface area contributed by atoms with Crippen molar-refractivity contribution in [3.63, 3.8) is 0 Å². The zero-order valence-electron chi connectivity index (χ0n) is 9.92. The standard InChI is InChI=1S/C12H16BrN3/c1-4-5-6-10-14-11-7-8(2)9(3)12(13)16(11)15-10/h7H,4-6H2,1-3H3. The Morgan fingerprint density at radius 2 is 2.12 bits per heavy atom. The van der Waals surface area contributed by atoms with Gasteiger partial charge in [0.2, 0.25) is 0 Å². The molecule has 0 amide bonds. The zero-order valence-corrected chi connectivity index (χ0v) is 11.5. The Morgan fingerprint density at radius 1 is 1.38 bits per heavy atom. The average molecular weight is 282 g/mol. The normalized spacial score (nSPS) is 11.2. The van der Waals surface area contributed by atoms with E-state index in [-0.39, 0.29) is 0 Å². The highest BCUT2D eigenvalue weighted by Gasteiger charge is 2.09. The van der Waals surface area contributed by atoms with Crippen LogP contribution in [-0.2, 0) is 6.42 Å². The van der Waals surface area contributed by atoms with Crippen LogP contribution < -0.4 is 0 Å². The Labute approximate surface area is 104 Å². The number of nitrogens with zero attached hydrogens (tertiary/aromatic N) is 3. The van der Waals surface area contributed by atoms with Crippen LogP contribution in [0.4, 0.5) is 0 Å². The molecule has 0 atom stereocenters. The highest BCUT2D eigenvalue weighted by Crippen LogP contribution is 2.21. The average Bonchev–Trinajstić information content (AvgIpc) is 2.66. The van der Waals surface area contributed by atoms with Crippen LogP contribution in [-0.4, -0.2) is 14.6 Å². The summed E-state index contributed by atoms with van der Waals surface area (Å²) in [6, 6.07) is 2.09. The van der Waals surface area contributed by atoms with Crippen LogP contribution >= 0.6 is 15.9 Å². The van der Waals surface area contributed by atoms with Gasteiger partial charge in [0, 0.05) is 6.42 Å². The summed E-state index contributed by atoms with van der Waals surface area (Å²) in [6.45, 7) is 6.37. The summed E-state index contributed by atoms with van der Waals surface area (Å²) in [5.74, 6) is 0.938. The summed E-state index contributed by atoms with van der Waals surface area (Å²) >= 11 is 3.57. The van der Waals surface area contributed by atoms with E-state index in [0.717, 1.165) is 28.9 Å². The largest absolute Gasteiger partial charge is 0.212 e. The molecule has 86 valence electrons. The number of pyridine rings is 1. The van der Waals surface area contributed by atoms with Crippen molar-refractivity contribution in [3.8, 4) is 0 Å². The predicted molar refractivity (Wildman–Crippen MR) is 68.8 cm³/mol. The smallest absolute Gasteiger partial charge is 0.157 e. The first-order chi connectivity index (χ1) is 7.63. The molecule has 2 aromatic heterocycles. The number of hydrogen-bond acceptors (Lipinski definition) is 2. The second kappa shape index (κ2) is 4.53. The maximum atomic E-state index is 4.53. The molecule has 2 aromatic rings. The van der Waals surface area contributed by atoms with E-state index in [2.05, 4.69) is 52.9 Å². The molecule has 0 N–H and O–H groups in total. The van der Waals surface area contributed by atoms with Crippen LogP contribution in [0.15, 0.2) is 10.7 Å². The molecule has 0 bridgehead atoms. The molecule has 0 aliphatic heterocycles. The van der Waals surface area contributed by atoms with Gasteiger partial charge < -0.3 is 0 Å². The first kappa shape index (κ1) is 11.6. The Hall–Kier alpha value is -0.900. The van der Waals surface area contributed by atoms with E-state index >= 15 is 0 Å². The van der Waals surface area contributed by atoms with E-state index in [1.54, 1.807) is 0 Å². The van der Waals surface area contributed by atoms with Gasteiger partial charge in [-0.15, -0.1) is 0 Å². The number of aromatic nitrogens is 3. The quantitative estimate of drug-likeness (QED) is 0.807. The van der Waals surface area contributed by atoms with E-state index in [0.29, 0.717) is 0 Å². The van der Waals surface area contributed by atoms with E-state index in [4.69, 9.17) is 0 Å². The highest BCUT2D eigenvalue weighted by atomic mass is 79.9. The van der Waals surface area contributed by atoms with Crippen LogP contribution in [0.5, 0.6) is 0 Å². The summed E-state index contributed by atoms with van der Waals surface area (Å²) in [6.07, 6.45) is 3.28. The van der Waals surface area contributed by atoms with E-state index in [1.165, 1.54) is 17.5 Å². The molecule has 0 saturated carbocycles. The Morgan fingerprint density at radius 3 is 2.81 bits per heavy atom. The van der Waals surface area contributed by atoms with Crippen molar-refractivity contribution in [1.82, 2.24) is 14.6 Å². The molecular formula is C12H16BrN3. The first-order valence-electron chi connectivity index (χ1n) is 5.65. The van der Waals surface area contributed by atoms with Gasteiger partial charge in [0.05, 0.1) is 0 Å². The third-order valence-electron chi connectivity index (χ3n) is 2.86. The molecule has 0 unspecified atom stereocenters. The van der Waals surface area contributed by atoms with Gasteiger partial charge in [0.25, 0.3) is 0 Å². The molecule has 4 heteroatoms. The van der Waals surface area contributed by atoms with Crippen molar-refractivity contribution >= 4 is 21.6 Å². The predicted octanol–water partition coefficient (Wildman–Crippen LogP) is 3.45. The zero-order chi connectivity index (χ0) is 11.7. The molecule has 2 heterocycles. The lowest BCUT2D eigenvalue weighted by molar-refractivity contribution is 0.745. The van der Waals surface area contributed by atoms with Crippen molar-refractivity contribution in [2.24, 2.45) is 0 Å². The summed E-state index contributed by atoms with van der Waals surface area (Å²) in [4.78, 5) is 4.53. The highest BCUT2D eigenvalue weighted by molar-refractivity contribution is 9.10. The molecule has 0 spiro atoms. The molecule has 16 heavy (non-hydrogen) atoms. The fraction of sp³-hybridized carbons (Fsp3) is 0.500. The van der Waals surface area contributed by atoms with Gasteiger partial charge >= 0.3 is 0 Å². The van der Waals surface area contributed by atoms with Gasteiger partial charge in [0.1, 0.15) is 4.60 Å². The molecule has 3 nitrogen and oxygen atoms in total. The van der Waals surface area contributed by atoms with Gasteiger partial charge in [-0.3, -0.25) is 0 Å². The van der Waals surface area contributed by atoms with Crippen LogP contribution in [0.1, 0.15) is 36.7 Å². The van der Waals surface area contributed by atoms with E-state index in [1.807, 2.05) is 4.52 Å². The lowest BCUT2D eigenvalue weighted by atomic mass is 10.2. The van der Waals surface area contributed by atoms with Crippen molar-refractivity contribution in [2.45, 2.75) is 40.0 Å². The Bertz CT molecular complexity index is 516. The van der Waals surface area contributed by atoms with Gasteiger partial charge in [-0.2, -0.15) is 5.10 Å². The molecule has 0 radical (unpaired) electrons. The number of rotatable bonds is 3. The molecule has 0 aliphatic carbocycles. The molecular weight excluding hydrogens is 266 g/mol. The van der Waals surface area contributed by atoms with Crippen molar-refractivity contribution in [3.05, 3.63) is 27.6 Å². The van der Waals surface area contributed by atoms with Gasteiger partial charge in [0.15, 0.2) is 11.5 Å².